The number of alkyl halides is 3. The number of piperazine rings is 1. The van der Waals surface area contributed by atoms with Crippen LogP contribution in [-0.4, -0.2) is 96.9 Å². The van der Waals surface area contributed by atoms with Crippen molar-refractivity contribution in [2.75, 3.05) is 61.0 Å². The first-order valence-electron chi connectivity index (χ1n) is 15.9. The Morgan fingerprint density at radius 2 is 1.82 bits per heavy atom. The third-order valence-corrected chi connectivity index (χ3v) is 9.67. The quantitative estimate of drug-likeness (QED) is 0.135. The van der Waals surface area contributed by atoms with E-state index in [1.54, 1.807) is 26.5 Å². The number of hydrogen-bond donors (Lipinski definition) is 1. The molecule has 5 aromatic rings. The summed E-state index contributed by atoms with van der Waals surface area (Å²) in [4.78, 5) is 29.5. The molecule has 0 bridgehead atoms. The first-order chi connectivity index (χ1) is 23.8. The number of halogens is 4. The van der Waals surface area contributed by atoms with Gasteiger partial charge in [-0.05, 0) is 43.4 Å². The van der Waals surface area contributed by atoms with E-state index >= 15 is 0 Å². The molecule has 0 aliphatic carbocycles. The summed E-state index contributed by atoms with van der Waals surface area (Å²) in [5.74, 6) is 0.774. The fourth-order valence-electron chi connectivity index (χ4n) is 5.60. The number of anilines is 2. The van der Waals surface area contributed by atoms with E-state index in [1.807, 2.05) is 37.3 Å². The second kappa shape index (κ2) is 14.3. The van der Waals surface area contributed by atoms with Gasteiger partial charge >= 0.3 is 12.3 Å². The number of fused-ring (bicyclic) bond motifs is 2. The van der Waals surface area contributed by atoms with Crippen LogP contribution in [0, 0.1) is 5.82 Å². The Morgan fingerprint density at radius 1 is 1.04 bits per heavy atom. The van der Waals surface area contributed by atoms with Crippen molar-refractivity contribution in [1.82, 2.24) is 34.0 Å². The lowest BCUT2D eigenvalue weighted by Crippen LogP contribution is -2.54. The van der Waals surface area contributed by atoms with Crippen LogP contribution in [0.3, 0.4) is 0 Å². The molecule has 0 radical (unpaired) electrons. The van der Waals surface area contributed by atoms with Crippen molar-refractivity contribution in [1.29, 1.82) is 0 Å². The molecule has 1 amide bonds. The van der Waals surface area contributed by atoms with Crippen LogP contribution in [0.4, 0.5) is 34.3 Å². The van der Waals surface area contributed by atoms with E-state index in [-0.39, 0.29) is 63.0 Å². The van der Waals surface area contributed by atoms with Crippen molar-refractivity contribution in [3.8, 4) is 0 Å². The van der Waals surface area contributed by atoms with Crippen LogP contribution in [0.1, 0.15) is 23.9 Å². The zero-order chi connectivity index (χ0) is 35.6. The van der Waals surface area contributed by atoms with Crippen LogP contribution in [0.15, 0.2) is 54.7 Å². The fraction of sp³-hybridized carbons (Fsp3) is 0.424. The van der Waals surface area contributed by atoms with E-state index in [2.05, 4.69) is 44.1 Å². The second-order valence-corrected chi connectivity index (χ2v) is 17.5. The van der Waals surface area contributed by atoms with Gasteiger partial charge in [0, 0.05) is 31.4 Å². The van der Waals surface area contributed by atoms with Gasteiger partial charge in [0.05, 0.1) is 24.9 Å². The molecule has 4 heterocycles. The van der Waals surface area contributed by atoms with Crippen molar-refractivity contribution in [3.63, 3.8) is 0 Å². The first kappa shape index (κ1) is 35.2. The molecule has 6 rings (SSSR count). The summed E-state index contributed by atoms with van der Waals surface area (Å²) in [6.45, 7) is 3.24. The molecule has 3 aromatic heterocycles. The number of aromatic nitrogens is 6. The molecule has 1 aliphatic heterocycles. The normalized spacial score (nSPS) is 16.0. The van der Waals surface area contributed by atoms with Crippen LogP contribution in [0.2, 0.25) is 0 Å². The molecular weight excluding hydrogens is 678 g/mol. The Balaban J connectivity index is 1.25. The maximum Gasteiger partial charge on any atom is 0.421 e. The van der Waals surface area contributed by atoms with Gasteiger partial charge in [-0.2, -0.15) is 32.8 Å². The van der Waals surface area contributed by atoms with Crippen LogP contribution < -0.4 is 10.2 Å². The average molecular weight is 718 g/mol. The number of imidazole rings is 1. The summed E-state index contributed by atoms with van der Waals surface area (Å²) in [6, 6.07) is 13.6. The minimum Gasteiger partial charge on any atom is -0.445 e. The molecule has 0 spiro atoms. The monoisotopic (exact) mass is 717 g/mol. The van der Waals surface area contributed by atoms with Crippen molar-refractivity contribution in [2.24, 2.45) is 0 Å². The predicted molar refractivity (Wildman–Crippen MR) is 184 cm³/mol. The maximum absolute atomic E-state index is 14.8. The summed E-state index contributed by atoms with van der Waals surface area (Å²) in [7, 11) is -0.794. The number of nitrogens with one attached hydrogen (secondary N) is 1. The molecule has 2 aromatic carbocycles. The molecule has 1 fully saturated rings. The summed E-state index contributed by atoms with van der Waals surface area (Å²) >= 11 is 0. The van der Waals surface area contributed by atoms with Gasteiger partial charge in [0.25, 0.3) is 0 Å². The van der Waals surface area contributed by atoms with Crippen molar-refractivity contribution in [3.05, 3.63) is 77.5 Å². The van der Waals surface area contributed by atoms with Crippen LogP contribution in [-0.2, 0) is 35.5 Å². The van der Waals surface area contributed by atoms with E-state index in [1.165, 1.54) is 6.07 Å². The van der Waals surface area contributed by atoms with E-state index in [9.17, 15) is 22.4 Å². The van der Waals surface area contributed by atoms with Crippen molar-refractivity contribution >= 4 is 44.7 Å². The van der Waals surface area contributed by atoms with Gasteiger partial charge in [0.1, 0.15) is 30.2 Å². The Kier molecular flexibility index (Phi) is 10.1. The van der Waals surface area contributed by atoms with Crippen molar-refractivity contribution < 1.29 is 31.8 Å². The minimum atomic E-state index is -4.73. The Labute approximate surface area is 287 Å². The van der Waals surface area contributed by atoms with E-state index in [0.29, 0.717) is 24.1 Å². The second-order valence-electron chi connectivity index (χ2n) is 12.9. The third-order valence-electron chi connectivity index (χ3n) is 8.28. The Hall–Kier alpha value is -4.64. The highest BCUT2D eigenvalue weighted by Crippen LogP contribution is 2.34. The number of benzene rings is 2. The highest BCUT2D eigenvalue weighted by atomic mass is 32.3. The number of carbonyl (C=O) groups is 1. The summed E-state index contributed by atoms with van der Waals surface area (Å²) in [5, 5.41) is 7.03. The number of amides is 1. The average Bonchev–Trinajstić information content (AvgIpc) is 3.67. The molecule has 0 unspecified atom stereocenters. The lowest BCUT2D eigenvalue weighted by Gasteiger charge is -2.39. The molecule has 1 saturated heterocycles. The molecule has 1 aliphatic rings. The number of rotatable bonds is 11. The summed E-state index contributed by atoms with van der Waals surface area (Å²) in [5.41, 5.74) is 0.0597. The number of ether oxygens (including phenoxy) is 2. The van der Waals surface area contributed by atoms with Gasteiger partial charge < -0.3 is 29.2 Å². The molecule has 268 valence electrons. The highest BCUT2D eigenvalue weighted by molar-refractivity contribution is 8.32. The zero-order valence-electron chi connectivity index (χ0n) is 28.2. The molecule has 50 heavy (non-hydrogen) atoms. The molecule has 1 atom stereocenters. The fourth-order valence-corrected chi connectivity index (χ4v) is 6.22. The summed E-state index contributed by atoms with van der Waals surface area (Å²) < 4.78 is 71.2. The molecular formula is C33H39F4N9O3S. The number of carbonyl (C=O) groups excluding carboxylic acids is 1. The highest BCUT2D eigenvalue weighted by Gasteiger charge is 2.37. The van der Waals surface area contributed by atoms with Gasteiger partial charge in [0.15, 0.2) is 11.5 Å². The first-order valence-corrected chi connectivity index (χ1v) is 19.0. The van der Waals surface area contributed by atoms with E-state index < -0.39 is 39.3 Å². The standard InChI is InChI=1S/C33H39F4N9O3S/c1-22-19-43(32(47)49-20-23-9-6-5-7-10-23)13-14-44(22)31-41-29-24(33(35,36)37)17-39-46(29)30(42-31)38-18-27-40-28-25(34)11-8-12-26(28)45(27)21-48-15-16-50(2,3)4/h5-12,17,22H,13-16,18-21H2,1-4H3,(H,38,41,42)/t22-/m0/s1. The van der Waals surface area contributed by atoms with Crippen molar-refractivity contribution in [2.45, 2.75) is 39.0 Å². The topological polar surface area (TPSA) is 115 Å². The van der Waals surface area contributed by atoms with E-state index in [4.69, 9.17) is 9.47 Å². The van der Waals surface area contributed by atoms with Gasteiger partial charge in [-0.3, -0.25) is 0 Å². The maximum atomic E-state index is 14.8. The smallest absolute Gasteiger partial charge is 0.421 e. The van der Waals surface area contributed by atoms with Gasteiger partial charge in [-0.15, -0.1) is 0 Å². The zero-order valence-corrected chi connectivity index (χ0v) is 29.0. The molecule has 12 nitrogen and oxygen atoms in total. The van der Waals surface area contributed by atoms with E-state index in [0.717, 1.165) is 15.8 Å². The number of para-hydroxylation sites is 1. The predicted octanol–water partition coefficient (Wildman–Crippen LogP) is 5.76. The summed E-state index contributed by atoms with van der Waals surface area (Å²) in [6.07, 6.45) is 2.05. The van der Waals surface area contributed by atoms with Gasteiger partial charge in [0.2, 0.25) is 11.9 Å². The molecule has 1 N–H and O–H groups in total. The SMILES string of the molecule is C[C@H]1CN(C(=O)OCc2ccccc2)CCN1c1nc(NCc2nc3c(F)cccc3n2COCCS(C)(C)C)n2ncc(C(F)(F)F)c2n1. The van der Waals surface area contributed by atoms with Crippen LogP contribution in [0.5, 0.6) is 0 Å². The lowest BCUT2D eigenvalue weighted by atomic mass is 10.2. The Morgan fingerprint density at radius 3 is 2.54 bits per heavy atom. The third kappa shape index (κ3) is 7.88. The molecule has 0 saturated carbocycles. The number of nitrogens with zero attached hydrogens (tertiary/aromatic N) is 8. The minimum absolute atomic E-state index is 0.0197. The Bertz CT molecular complexity index is 1960. The van der Waals surface area contributed by atoms with Crippen LogP contribution in [0.25, 0.3) is 16.7 Å². The molecule has 17 heteroatoms. The van der Waals surface area contributed by atoms with Crippen LogP contribution >= 0.6 is 10.0 Å². The number of hydrogen-bond acceptors (Lipinski definition) is 9. The lowest BCUT2D eigenvalue weighted by molar-refractivity contribution is -0.136. The largest absolute Gasteiger partial charge is 0.445 e. The van der Waals surface area contributed by atoms with Gasteiger partial charge in [-0.25, -0.2) is 24.2 Å². The van der Waals surface area contributed by atoms with Gasteiger partial charge in [-0.1, -0.05) is 36.4 Å².